The van der Waals surface area contributed by atoms with Gasteiger partial charge in [0.15, 0.2) is 0 Å². The van der Waals surface area contributed by atoms with Gasteiger partial charge < -0.3 is 15.0 Å². The fourth-order valence-electron chi connectivity index (χ4n) is 1.12. The molecular formula is C9H14N2O2. The lowest BCUT2D eigenvalue weighted by atomic mass is 10.3. The second-order valence-electron chi connectivity index (χ2n) is 3.07. The number of hydrogen-bond donors (Lipinski definition) is 2. The van der Waals surface area contributed by atoms with Crippen LogP contribution in [0.4, 0.5) is 0 Å². The molecule has 1 aromatic heterocycles. The number of carbonyl (C=O) groups is 1. The summed E-state index contributed by atoms with van der Waals surface area (Å²) in [6.45, 7) is 1.96. The average molecular weight is 182 g/mol. The van der Waals surface area contributed by atoms with Crippen molar-refractivity contribution in [2.24, 2.45) is 0 Å². The number of nitrogens with one attached hydrogen (secondary N) is 1. The molecule has 0 fully saturated rings. The number of hydrogen-bond acceptors (Lipinski definition) is 2. The van der Waals surface area contributed by atoms with E-state index in [1.165, 1.54) is 11.8 Å². The zero-order valence-electron chi connectivity index (χ0n) is 7.82. The number of likely N-dealkylation sites (N-methyl/N-ethyl adjacent to an activating group) is 1. The highest BCUT2D eigenvalue weighted by Gasteiger charge is 2.14. The molecule has 1 amide bonds. The Bertz CT molecular complexity index is 267. The van der Waals surface area contributed by atoms with Crippen molar-refractivity contribution in [2.75, 3.05) is 7.05 Å². The zero-order chi connectivity index (χ0) is 9.84. The van der Waals surface area contributed by atoms with E-state index in [1.807, 2.05) is 12.1 Å². The van der Waals surface area contributed by atoms with E-state index in [9.17, 15) is 4.79 Å². The Balaban J connectivity index is 2.51. The van der Waals surface area contributed by atoms with Crippen LogP contribution in [0.3, 0.4) is 0 Å². The number of aliphatic hydroxyl groups excluding tert-OH is 1. The molecule has 0 aliphatic carbocycles. The molecule has 72 valence electrons. The van der Waals surface area contributed by atoms with E-state index in [1.54, 1.807) is 13.2 Å². The van der Waals surface area contributed by atoms with Gasteiger partial charge in [-0.25, -0.2) is 0 Å². The van der Waals surface area contributed by atoms with Crippen molar-refractivity contribution >= 4 is 5.91 Å². The molecule has 4 nitrogen and oxygen atoms in total. The molecule has 2 N–H and O–H groups in total. The Labute approximate surface area is 77.2 Å². The highest BCUT2D eigenvalue weighted by molar-refractivity contribution is 5.79. The summed E-state index contributed by atoms with van der Waals surface area (Å²) >= 11 is 0. The smallest absolute Gasteiger partial charge is 0.251 e. The lowest BCUT2D eigenvalue weighted by molar-refractivity contribution is -0.138. The van der Waals surface area contributed by atoms with E-state index in [-0.39, 0.29) is 5.91 Å². The van der Waals surface area contributed by atoms with Crippen LogP contribution < -0.4 is 0 Å². The third kappa shape index (κ3) is 2.59. The molecule has 0 radical (unpaired) electrons. The molecule has 0 bridgehead atoms. The normalized spacial score (nSPS) is 12.5. The van der Waals surface area contributed by atoms with Crippen molar-refractivity contribution < 1.29 is 9.90 Å². The fraction of sp³-hybridized carbons (Fsp3) is 0.444. The second kappa shape index (κ2) is 4.09. The molecule has 0 aliphatic heterocycles. The van der Waals surface area contributed by atoms with Gasteiger partial charge in [-0.3, -0.25) is 4.79 Å². The predicted octanol–water partition coefficient (Wildman–Crippen LogP) is 0.354. The topological polar surface area (TPSA) is 56.3 Å². The number of nitrogens with zero attached hydrogens (tertiary/aromatic N) is 1. The van der Waals surface area contributed by atoms with E-state index in [0.717, 1.165) is 5.69 Å². The molecule has 1 aromatic rings. The monoisotopic (exact) mass is 182 g/mol. The van der Waals surface area contributed by atoms with Gasteiger partial charge in [0, 0.05) is 18.9 Å². The Hall–Kier alpha value is -1.29. The van der Waals surface area contributed by atoms with E-state index < -0.39 is 6.10 Å². The highest BCUT2D eigenvalue weighted by atomic mass is 16.3. The minimum Gasteiger partial charge on any atom is -0.384 e. The van der Waals surface area contributed by atoms with E-state index in [0.29, 0.717) is 6.54 Å². The lowest BCUT2D eigenvalue weighted by Crippen LogP contribution is -2.34. The lowest BCUT2D eigenvalue weighted by Gasteiger charge is -2.17. The maximum atomic E-state index is 11.2. The van der Waals surface area contributed by atoms with Crippen molar-refractivity contribution in [1.29, 1.82) is 0 Å². The maximum absolute atomic E-state index is 11.2. The summed E-state index contributed by atoms with van der Waals surface area (Å²) in [6, 6.07) is 3.77. The van der Waals surface area contributed by atoms with Gasteiger partial charge in [0.1, 0.15) is 6.10 Å². The number of aromatic nitrogens is 1. The molecule has 0 saturated carbocycles. The first kappa shape index (κ1) is 9.80. The van der Waals surface area contributed by atoms with Crippen molar-refractivity contribution in [3.63, 3.8) is 0 Å². The van der Waals surface area contributed by atoms with Gasteiger partial charge in [-0.2, -0.15) is 0 Å². The van der Waals surface area contributed by atoms with Gasteiger partial charge in [-0.1, -0.05) is 0 Å². The van der Waals surface area contributed by atoms with Gasteiger partial charge in [-0.15, -0.1) is 0 Å². The Morgan fingerprint density at radius 2 is 2.46 bits per heavy atom. The Morgan fingerprint density at radius 1 is 1.77 bits per heavy atom. The van der Waals surface area contributed by atoms with Crippen LogP contribution >= 0.6 is 0 Å². The molecular weight excluding hydrogens is 168 g/mol. The highest BCUT2D eigenvalue weighted by Crippen LogP contribution is 2.01. The first-order chi connectivity index (χ1) is 6.11. The van der Waals surface area contributed by atoms with Crippen molar-refractivity contribution in [1.82, 2.24) is 9.88 Å². The van der Waals surface area contributed by atoms with Gasteiger partial charge in [-0.05, 0) is 19.1 Å². The van der Waals surface area contributed by atoms with Crippen LogP contribution in [-0.2, 0) is 11.3 Å². The zero-order valence-corrected chi connectivity index (χ0v) is 7.82. The summed E-state index contributed by atoms with van der Waals surface area (Å²) in [7, 11) is 1.66. The minimum atomic E-state index is -0.931. The van der Waals surface area contributed by atoms with Crippen LogP contribution in [0.5, 0.6) is 0 Å². The second-order valence-corrected chi connectivity index (χ2v) is 3.07. The molecule has 0 spiro atoms. The Morgan fingerprint density at radius 3 is 2.92 bits per heavy atom. The van der Waals surface area contributed by atoms with E-state index >= 15 is 0 Å². The number of aliphatic hydroxyl groups is 1. The molecule has 4 heteroatoms. The van der Waals surface area contributed by atoms with Crippen LogP contribution in [0.2, 0.25) is 0 Å². The van der Waals surface area contributed by atoms with E-state index in [4.69, 9.17) is 5.11 Å². The summed E-state index contributed by atoms with van der Waals surface area (Å²) in [5.74, 6) is -0.269. The molecule has 1 heterocycles. The fourth-order valence-corrected chi connectivity index (χ4v) is 1.12. The maximum Gasteiger partial charge on any atom is 0.251 e. The molecule has 1 atom stereocenters. The predicted molar refractivity (Wildman–Crippen MR) is 48.9 cm³/mol. The SMILES string of the molecule is CC(O)C(=O)N(C)Cc1ccc[nH]1. The first-order valence-corrected chi connectivity index (χ1v) is 4.16. The quantitative estimate of drug-likeness (QED) is 0.708. The van der Waals surface area contributed by atoms with Crippen LogP contribution in [0.15, 0.2) is 18.3 Å². The largest absolute Gasteiger partial charge is 0.384 e. The van der Waals surface area contributed by atoms with E-state index in [2.05, 4.69) is 4.98 Å². The molecule has 1 rings (SSSR count). The molecule has 0 saturated heterocycles. The third-order valence-corrected chi connectivity index (χ3v) is 1.80. The van der Waals surface area contributed by atoms with Gasteiger partial charge >= 0.3 is 0 Å². The summed E-state index contributed by atoms with van der Waals surface area (Å²) in [6.07, 6.45) is 0.871. The molecule has 0 aliphatic rings. The van der Waals surface area contributed by atoms with Crippen LogP contribution in [-0.4, -0.2) is 34.0 Å². The van der Waals surface area contributed by atoms with Crippen molar-refractivity contribution in [2.45, 2.75) is 19.6 Å². The first-order valence-electron chi connectivity index (χ1n) is 4.16. The standard InChI is InChI=1S/C9H14N2O2/c1-7(12)9(13)11(2)6-8-4-3-5-10-8/h3-5,7,10,12H,6H2,1-2H3. The van der Waals surface area contributed by atoms with Gasteiger partial charge in [0.2, 0.25) is 0 Å². The van der Waals surface area contributed by atoms with Gasteiger partial charge in [0.25, 0.3) is 5.91 Å². The van der Waals surface area contributed by atoms with Crippen LogP contribution in [0, 0.1) is 0 Å². The van der Waals surface area contributed by atoms with Crippen molar-refractivity contribution in [3.05, 3.63) is 24.0 Å². The summed E-state index contributed by atoms with van der Waals surface area (Å²) in [5, 5.41) is 9.02. The molecule has 13 heavy (non-hydrogen) atoms. The molecule has 1 unspecified atom stereocenters. The number of aromatic amines is 1. The summed E-state index contributed by atoms with van der Waals surface area (Å²) < 4.78 is 0. The summed E-state index contributed by atoms with van der Waals surface area (Å²) in [5.41, 5.74) is 0.955. The third-order valence-electron chi connectivity index (χ3n) is 1.80. The molecule has 0 aromatic carbocycles. The number of rotatable bonds is 3. The number of amides is 1. The van der Waals surface area contributed by atoms with Crippen LogP contribution in [0.1, 0.15) is 12.6 Å². The summed E-state index contributed by atoms with van der Waals surface area (Å²) in [4.78, 5) is 15.7. The average Bonchev–Trinajstić information content (AvgIpc) is 2.55. The van der Waals surface area contributed by atoms with Crippen LogP contribution in [0.25, 0.3) is 0 Å². The van der Waals surface area contributed by atoms with Crippen molar-refractivity contribution in [3.8, 4) is 0 Å². The minimum absolute atomic E-state index is 0.269. The number of H-pyrrole nitrogens is 1. The Kier molecular flexibility index (Phi) is 3.08. The van der Waals surface area contributed by atoms with Gasteiger partial charge in [0.05, 0.1) is 6.54 Å². The number of carbonyl (C=O) groups excluding carboxylic acids is 1.